The van der Waals surface area contributed by atoms with E-state index in [2.05, 4.69) is 4.98 Å². The Balaban J connectivity index is 2.62. The van der Waals surface area contributed by atoms with Gasteiger partial charge in [0.1, 0.15) is 0 Å². The topological polar surface area (TPSA) is 16.1 Å². The summed E-state index contributed by atoms with van der Waals surface area (Å²) in [4.78, 5) is 5.66. The normalized spacial score (nSPS) is 15.1. The highest BCUT2D eigenvalue weighted by atomic mass is 35.5. The molecule has 0 atom stereocenters. The van der Waals surface area contributed by atoms with E-state index in [-0.39, 0.29) is 11.2 Å². The van der Waals surface area contributed by atoms with Gasteiger partial charge in [-0.1, -0.05) is 23.2 Å². The highest BCUT2D eigenvalue weighted by molar-refractivity contribution is 6.32. The fourth-order valence-electron chi connectivity index (χ4n) is 1.76. The molecule has 1 aromatic rings. The summed E-state index contributed by atoms with van der Waals surface area (Å²) in [5, 5.41) is 0.570. The van der Waals surface area contributed by atoms with Crippen molar-refractivity contribution in [1.29, 1.82) is 0 Å². The van der Waals surface area contributed by atoms with Crippen molar-refractivity contribution in [3.05, 3.63) is 27.8 Å². The van der Waals surface area contributed by atoms with Crippen LogP contribution in [0.25, 0.3) is 6.08 Å². The Hall–Kier alpha value is -0.800. The Labute approximate surface area is 104 Å². The quantitative estimate of drug-likeness (QED) is 0.717. The van der Waals surface area contributed by atoms with Gasteiger partial charge >= 0.3 is 0 Å². The van der Waals surface area contributed by atoms with Crippen LogP contribution in [0.15, 0.2) is 11.2 Å². The van der Waals surface area contributed by atoms with Crippen LogP contribution in [0.1, 0.15) is 19.4 Å². The Morgan fingerprint density at radius 3 is 2.75 bits per heavy atom. The zero-order chi connectivity index (χ0) is 11.9. The average Bonchev–Trinajstić information content (AvgIpc) is 2.22. The zero-order valence-electron chi connectivity index (χ0n) is 8.97. The van der Waals surface area contributed by atoms with Crippen molar-refractivity contribution < 1.29 is 4.39 Å². The monoisotopic (exact) mass is 260 g/mol. The predicted octanol–water partition coefficient (Wildman–Crippen LogP) is 3.68. The summed E-state index contributed by atoms with van der Waals surface area (Å²) in [6, 6.07) is 0.147. The van der Waals surface area contributed by atoms with Crippen LogP contribution in [0, 0.1) is 5.82 Å². The molecule has 5 heteroatoms. The fourth-order valence-corrected chi connectivity index (χ4v) is 2.15. The number of hydrogen-bond acceptors (Lipinski definition) is 2. The van der Waals surface area contributed by atoms with Gasteiger partial charge in [-0.2, -0.15) is 0 Å². The zero-order valence-corrected chi connectivity index (χ0v) is 10.5. The van der Waals surface area contributed by atoms with Crippen molar-refractivity contribution in [2.45, 2.75) is 19.9 Å². The lowest BCUT2D eigenvalue weighted by Crippen LogP contribution is -2.35. The maximum absolute atomic E-state index is 13.9. The molecule has 0 amide bonds. The van der Waals surface area contributed by atoms with E-state index in [0.717, 1.165) is 0 Å². The first kappa shape index (κ1) is 11.7. The molecule has 0 saturated heterocycles. The number of halogens is 3. The molecule has 0 saturated carbocycles. The Morgan fingerprint density at radius 2 is 2.12 bits per heavy atom. The largest absolute Gasteiger partial charge is 0.361 e. The van der Waals surface area contributed by atoms with Gasteiger partial charge in [-0.3, -0.25) is 0 Å². The van der Waals surface area contributed by atoms with Crippen LogP contribution in [0.5, 0.6) is 0 Å². The third kappa shape index (κ3) is 1.89. The molecule has 0 spiro atoms. The smallest absolute Gasteiger partial charge is 0.184 e. The van der Waals surface area contributed by atoms with Crippen molar-refractivity contribution in [1.82, 2.24) is 4.98 Å². The highest BCUT2D eigenvalue weighted by Gasteiger charge is 2.25. The van der Waals surface area contributed by atoms with Gasteiger partial charge in [0.05, 0.1) is 12.2 Å². The molecular weight excluding hydrogens is 250 g/mol. The van der Waals surface area contributed by atoms with Crippen LogP contribution < -0.4 is 4.90 Å². The third-order valence-electron chi connectivity index (χ3n) is 2.52. The highest BCUT2D eigenvalue weighted by Crippen LogP contribution is 2.35. The lowest BCUT2D eigenvalue weighted by atomic mass is 10.1. The second-order valence-electron chi connectivity index (χ2n) is 3.98. The lowest BCUT2D eigenvalue weighted by Gasteiger charge is -2.33. The van der Waals surface area contributed by atoms with Crippen molar-refractivity contribution in [3.63, 3.8) is 0 Å². The minimum atomic E-state index is -0.478. The molecular formula is C11H11Cl2FN2. The number of hydrogen-bond donors (Lipinski definition) is 0. The second-order valence-corrected chi connectivity index (χ2v) is 4.82. The lowest BCUT2D eigenvalue weighted by molar-refractivity contribution is 0.600. The molecule has 2 nitrogen and oxygen atoms in total. The molecule has 2 heterocycles. The molecule has 1 aliphatic heterocycles. The number of fused-ring (bicyclic) bond motifs is 1. The van der Waals surface area contributed by atoms with Gasteiger partial charge < -0.3 is 4.90 Å². The van der Waals surface area contributed by atoms with Crippen LogP contribution in [-0.2, 0) is 0 Å². The second kappa shape index (κ2) is 4.22. The van der Waals surface area contributed by atoms with Crippen molar-refractivity contribution >= 4 is 35.0 Å². The molecule has 0 bridgehead atoms. The molecule has 0 N–H and O–H groups in total. The number of pyridine rings is 1. The molecule has 0 aromatic carbocycles. The van der Waals surface area contributed by atoms with Gasteiger partial charge in [0.15, 0.2) is 11.0 Å². The first-order valence-corrected chi connectivity index (χ1v) is 5.73. The standard InChI is InChI=1S/C11H11Cl2FN2/c1-6(2)16-5-8(12)3-7-4-15-11(13)9(14)10(7)16/h3-4,6H,5H2,1-2H3. The average molecular weight is 261 g/mol. The van der Waals surface area contributed by atoms with E-state index in [4.69, 9.17) is 23.2 Å². The minimum Gasteiger partial charge on any atom is -0.361 e. The first-order chi connectivity index (χ1) is 7.50. The molecule has 16 heavy (non-hydrogen) atoms. The molecule has 86 valence electrons. The van der Waals surface area contributed by atoms with Crippen LogP contribution in [0.4, 0.5) is 10.1 Å². The molecule has 1 aliphatic rings. The van der Waals surface area contributed by atoms with Crippen molar-refractivity contribution in [2.24, 2.45) is 0 Å². The number of nitrogens with zero attached hydrogens (tertiary/aromatic N) is 2. The summed E-state index contributed by atoms with van der Waals surface area (Å²) < 4.78 is 13.9. The summed E-state index contributed by atoms with van der Waals surface area (Å²) in [6.07, 6.45) is 3.26. The van der Waals surface area contributed by atoms with E-state index in [1.54, 1.807) is 6.08 Å². The van der Waals surface area contributed by atoms with E-state index < -0.39 is 5.82 Å². The van der Waals surface area contributed by atoms with Gasteiger partial charge in [-0.15, -0.1) is 0 Å². The Kier molecular flexibility index (Phi) is 3.08. The number of rotatable bonds is 1. The van der Waals surface area contributed by atoms with Crippen molar-refractivity contribution in [3.8, 4) is 0 Å². The van der Waals surface area contributed by atoms with E-state index in [9.17, 15) is 4.39 Å². The van der Waals surface area contributed by atoms with Crippen molar-refractivity contribution in [2.75, 3.05) is 11.4 Å². The summed E-state index contributed by atoms with van der Waals surface area (Å²) in [5.41, 5.74) is 1.16. The summed E-state index contributed by atoms with van der Waals surface area (Å²) >= 11 is 11.7. The molecule has 0 fully saturated rings. The van der Waals surface area contributed by atoms with E-state index in [1.165, 1.54) is 6.20 Å². The fraction of sp³-hybridized carbons (Fsp3) is 0.364. The molecule has 0 unspecified atom stereocenters. The van der Waals surface area contributed by atoms with Gasteiger partial charge in [0.25, 0.3) is 0 Å². The van der Waals surface area contributed by atoms with Crippen LogP contribution >= 0.6 is 23.2 Å². The van der Waals surface area contributed by atoms with E-state index in [1.807, 2.05) is 18.7 Å². The molecule has 1 aromatic heterocycles. The van der Waals surface area contributed by atoms with Gasteiger partial charge in [-0.05, 0) is 19.9 Å². The predicted molar refractivity (Wildman–Crippen MR) is 65.5 cm³/mol. The Morgan fingerprint density at radius 1 is 1.44 bits per heavy atom. The van der Waals surface area contributed by atoms with Gasteiger partial charge in [-0.25, -0.2) is 9.37 Å². The summed E-state index contributed by atoms with van der Waals surface area (Å²) in [6.45, 7) is 4.46. The van der Waals surface area contributed by atoms with E-state index >= 15 is 0 Å². The van der Waals surface area contributed by atoms with Gasteiger partial charge in [0.2, 0.25) is 0 Å². The maximum atomic E-state index is 13.9. The Bertz CT molecular complexity index is 458. The minimum absolute atomic E-state index is 0.101. The molecule has 0 aliphatic carbocycles. The summed E-state index contributed by atoms with van der Waals surface area (Å²) in [7, 11) is 0. The number of anilines is 1. The molecule has 2 rings (SSSR count). The van der Waals surface area contributed by atoms with Crippen LogP contribution in [0.2, 0.25) is 5.15 Å². The van der Waals surface area contributed by atoms with Crippen LogP contribution in [-0.4, -0.2) is 17.6 Å². The first-order valence-electron chi connectivity index (χ1n) is 4.97. The van der Waals surface area contributed by atoms with Gasteiger partial charge in [0, 0.05) is 22.8 Å². The molecule has 0 radical (unpaired) electrons. The number of aromatic nitrogens is 1. The van der Waals surface area contributed by atoms with E-state index in [0.29, 0.717) is 22.8 Å². The maximum Gasteiger partial charge on any atom is 0.184 e. The van der Waals surface area contributed by atoms with Crippen LogP contribution in [0.3, 0.4) is 0 Å². The third-order valence-corrected chi connectivity index (χ3v) is 3.02. The summed E-state index contributed by atoms with van der Waals surface area (Å²) in [5.74, 6) is -0.478. The SMILES string of the molecule is CC(C)N1CC(Cl)=Cc2cnc(Cl)c(F)c21.